The molecule has 3 heterocycles. The van der Waals surface area contributed by atoms with Crippen LogP contribution in [0.25, 0.3) is 5.65 Å². The van der Waals surface area contributed by atoms with Crippen LogP contribution in [0.15, 0.2) is 30.5 Å². The van der Waals surface area contributed by atoms with Crippen LogP contribution in [0, 0.1) is 18.3 Å². The second kappa shape index (κ2) is 12.0. The van der Waals surface area contributed by atoms with Crippen molar-refractivity contribution in [1.82, 2.24) is 19.5 Å². The van der Waals surface area contributed by atoms with Crippen molar-refractivity contribution in [1.29, 1.82) is 5.26 Å². The zero-order valence-corrected chi connectivity index (χ0v) is 26.7. The number of hydrogen-bond acceptors (Lipinski definition) is 8. The molecule has 11 nitrogen and oxygen atoms in total. The van der Waals surface area contributed by atoms with Gasteiger partial charge < -0.3 is 19.1 Å². The third kappa shape index (κ3) is 7.07. The number of likely N-dealkylation sites (tertiary alicyclic amines) is 1. The molecule has 1 aliphatic heterocycles. The number of nitriles is 1. The van der Waals surface area contributed by atoms with E-state index in [-0.39, 0.29) is 12.2 Å². The molecular weight excluding hydrogens is 560 g/mol. The molecule has 2 aliphatic rings. The zero-order chi connectivity index (χ0) is 31.8. The first-order chi connectivity index (χ1) is 20.7. The second-order valence-electron chi connectivity index (χ2n) is 13.7. The first-order valence-corrected chi connectivity index (χ1v) is 15.3. The van der Waals surface area contributed by atoms with Gasteiger partial charge >= 0.3 is 12.2 Å². The molecule has 1 saturated heterocycles. The highest BCUT2D eigenvalue weighted by atomic mass is 16.6. The Labute approximate surface area is 258 Å². The molecule has 44 heavy (non-hydrogen) atoms. The molecule has 3 aromatic rings. The lowest BCUT2D eigenvalue weighted by Gasteiger charge is -2.34. The Morgan fingerprint density at radius 2 is 1.73 bits per heavy atom. The molecule has 1 aromatic carbocycles. The predicted octanol–water partition coefficient (Wildman–Crippen LogP) is 7.03. The fourth-order valence-electron chi connectivity index (χ4n) is 5.46. The van der Waals surface area contributed by atoms with E-state index in [0.29, 0.717) is 47.6 Å². The van der Waals surface area contributed by atoms with Gasteiger partial charge in [0.25, 0.3) is 0 Å². The molecule has 0 unspecified atom stereocenters. The highest BCUT2D eigenvalue weighted by molar-refractivity contribution is 5.96. The summed E-state index contributed by atoms with van der Waals surface area (Å²) in [5.41, 5.74) is 1.90. The number of hydrogen-bond donors (Lipinski definition) is 0. The fraction of sp³-hybridized carbons (Fsp3) is 0.545. The number of aryl methyl sites for hydroxylation is 1. The van der Waals surface area contributed by atoms with Crippen molar-refractivity contribution in [2.24, 2.45) is 0 Å². The molecular formula is C33H42N6O5. The molecule has 11 heteroatoms. The van der Waals surface area contributed by atoms with Gasteiger partial charge in [-0.3, -0.25) is 0 Å². The summed E-state index contributed by atoms with van der Waals surface area (Å²) < 4.78 is 19.6. The summed E-state index contributed by atoms with van der Waals surface area (Å²) in [5.74, 6) is 1.00. The number of benzene rings is 1. The van der Waals surface area contributed by atoms with Gasteiger partial charge in [0, 0.05) is 18.2 Å². The first kappa shape index (κ1) is 31.1. The van der Waals surface area contributed by atoms with Crippen LogP contribution < -0.4 is 9.64 Å². The highest BCUT2D eigenvalue weighted by Crippen LogP contribution is 2.40. The summed E-state index contributed by atoms with van der Waals surface area (Å²) in [6.45, 7) is 13.8. The number of nitrogens with zero attached hydrogens (tertiary/aromatic N) is 6. The Kier molecular flexibility index (Phi) is 8.47. The maximum Gasteiger partial charge on any atom is 0.420 e. The normalized spacial score (nSPS) is 17.5. The van der Waals surface area contributed by atoms with E-state index in [1.807, 2.05) is 40.0 Å². The van der Waals surface area contributed by atoms with Crippen molar-refractivity contribution < 1.29 is 23.8 Å². The quantitative estimate of drug-likeness (QED) is 0.305. The Morgan fingerprint density at radius 3 is 2.36 bits per heavy atom. The van der Waals surface area contributed by atoms with Crippen LogP contribution in [0.4, 0.5) is 21.1 Å². The first-order valence-electron chi connectivity index (χ1n) is 15.3. The molecule has 2 aromatic heterocycles. The van der Waals surface area contributed by atoms with E-state index in [4.69, 9.17) is 19.2 Å². The molecule has 0 radical (unpaired) electrons. The van der Waals surface area contributed by atoms with Gasteiger partial charge in [0.15, 0.2) is 11.5 Å². The number of carbonyl (C=O) groups is 2. The van der Waals surface area contributed by atoms with Crippen LogP contribution in [0.5, 0.6) is 5.88 Å². The van der Waals surface area contributed by atoms with Crippen molar-refractivity contribution in [2.45, 2.75) is 104 Å². The van der Waals surface area contributed by atoms with Gasteiger partial charge in [0.2, 0.25) is 5.88 Å². The van der Waals surface area contributed by atoms with E-state index in [9.17, 15) is 14.9 Å². The van der Waals surface area contributed by atoms with Crippen LogP contribution in [0.1, 0.15) is 96.3 Å². The van der Waals surface area contributed by atoms with E-state index in [0.717, 1.165) is 43.2 Å². The summed E-state index contributed by atoms with van der Waals surface area (Å²) >= 11 is 0. The number of amides is 2. The lowest BCUT2D eigenvalue weighted by atomic mass is 9.81. The number of piperidine rings is 1. The maximum atomic E-state index is 13.9. The van der Waals surface area contributed by atoms with Crippen LogP contribution in [0.2, 0.25) is 0 Å². The summed E-state index contributed by atoms with van der Waals surface area (Å²) in [7, 11) is 0. The van der Waals surface area contributed by atoms with Gasteiger partial charge in [-0.25, -0.2) is 14.5 Å². The molecule has 0 bridgehead atoms. The van der Waals surface area contributed by atoms with Gasteiger partial charge in [-0.2, -0.15) is 19.9 Å². The van der Waals surface area contributed by atoms with Crippen molar-refractivity contribution >= 4 is 29.3 Å². The van der Waals surface area contributed by atoms with Crippen molar-refractivity contribution in [3.05, 3.63) is 47.2 Å². The molecule has 234 valence electrons. The molecule has 2 amide bonds. The van der Waals surface area contributed by atoms with Crippen LogP contribution in [-0.4, -0.2) is 62.1 Å². The van der Waals surface area contributed by atoms with E-state index < -0.39 is 17.3 Å². The monoisotopic (exact) mass is 602 g/mol. The number of aromatic nitrogens is 3. The van der Waals surface area contributed by atoms with Crippen LogP contribution in [-0.2, 0) is 9.47 Å². The minimum Gasteiger partial charge on any atom is -0.472 e. The van der Waals surface area contributed by atoms with Gasteiger partial charge in [-0.15, -0.1) is 0 Å². The largest absolute Gasteiger partial charge is 0.472 e. The third-order valence-electron chi connectivity index (χ3n) is 7.57. The Bertz CT molecular complexity index is 1590. The third-order valence-corrected chi connectivity index (χ3v) is 7.57. The van der Waals surface area contributed by atoms with Crippen molar-refractivity contribution in [3.8, 4) is 11.9 Å². The second-order valence-corrected chi connectivity index (χ2v) is 13.7. The minimum atomic E-state index is -0.781. The molecule has 1 aliphatic carbocycles. The summed E-state index contributed by atoms with van der Waals surface area (Å²) in [6, 6.07) is 9.10. The number of rotatable bonds is 5. The van der Waals surface area contributed by atoms with Crippen LogP contribution >= 0.6 is 0 Å². The summed E-state index contributed by atoms with van der Waals surface area (Å²) in [5, 5.41) is 14.4. The Hall–Kier alpha value is -4.33. The number of ether oxygens (including phenoxy) is 3. The number of anilines is 2. The zero-order valence-electron chi connectivity index (χ0n) is 26.7. The lowest BCUT2D eigenvalue weighted by Crippen LogP contribution is -2.46. The predicted molar refractivity (Wildman–Crippen MR) is 165 cm³/mol. The van der Waals surface area contributed by atoms with Crippen molar-refractivity contribution in [2.75, 3.05) is 18.0 Å². The average molecular weight is 603 g/mol. The molecule has 1 atom stereocenters. The highest BCUT2D eigenvalue weighted by Gasteiger charge is 2.33. The molecule has 5 rings (SSSR count). The van der Waals surface area contributed by atoms with E-state index in [2.05, 4.69) is 11.2 Å². The molecule has 1 saturated carbocycles. The van der Waals surface area contributed by atoms with E-state index in [1.54, 1.807) is 48.4 Å². The standard InChI is InChI=1S/C33H42N6O5/c1-21-14-22(18-34)16-24(15-21)38(31(41)44-33(5,6)7)28-17-27(36-29-26(19-35-39(28)29)23-10-8-11-23)42-25-12-9-13-37(20-25)30(40)43-32(2,3)4/h14-17,19,23,25H,8-13,20H2,1-7H3/t25-/m0/s1. The smallest absolute Gasteiger partial charge is 0.420 e. The minimum absolute atomic E-state index is 0.311. The molecule has 0 N–H and O–H groups in total. The van der Waals surface area contributed by atoms with Gasteiger partial charge in [0.05, 0.1) is 30.1 Å². The lowest BCUT2D eigenvalue weighted by molar-refractivity contribution is 0.00721. The van der Waals surface area contributed by atoms with Gasteiger partial charge in [-0.1, -0.05) is 6.42 Å². The topological polar surface area (TPSA) is 122 Å². The molecule has 2 fully saturated rings. The Balaban J connectivity index is 1.58. The van der Waals surface area contributed by atoms with Gasteiger partial charge in [0.1, 0.15) is 17.3 Å². The van der Waals surface area contributed by atoms with Crippen LogP contribution in [0.3, 0.4) is 0 Å². The van der Waals surface area contributed by atoms with E-state index in [1.165, 1.54) is 4.90 Å². The van der Waals surface area contributed by atoms with Crippen molar-refractivity contribution in [3.63, 3.8) is 0 Å². The Morgan fingerprint density at radius 1 is 1.00 bits per heavy atom. The van der Waals surface area contributed by atoms with Gasteiger partial charge in [-0.05, 0) is 104 Å². The summed E-state index contributed by atoms with van der Waals surface area (Å²) in [4.78, 5) is 34.7. The van der Waals surface area contributed by atoms with E-state index >= 15 is 0 Å². The average Bonchev–Trinajstić information content (AvgIpc) is 3.29. The molecule has 0 spiro atoms. The number of carbonyl (C=O) groups excluding carboxylic acids is 2. The fourth-order valence-corrected chi connectivity index (χ4v) is 5.46. The SMILES string of the molecule is Cc1cc(C#N)cc(N(C(=O)OC(C)(C)C)c2cc(O[C@H]3CCCN(C(=O)OC(C)(C)C)C3)nc3c(C4CCC4)cnn23)c1. The summed E-state index contributed by atoms with van der Waals surface area (Å²) in [6.07, 6.45) is 5.19. The maximum absolute atomic E-state index is 13.9. The number of fused-ring (bicyclic) bond motifs is 1.